The van der Waals surface area contributed by atoms with Crippen molar-refractivity contribution in [2.75, 3.05) is 12.3 Å². The number of aryl methyl sites for hydroxylation is 1. The highest BCUT2D eigenvalue weighted by molar-refractivity contribution is 7.99. The van der Waals surface area contributed by atoms with Crippen molar-refractivity contribution in [1.82, 2.24) is 25.2 Å². The molecule has 0 aliphatic carbocycles. The van der Waals surface area contributed by atoms with Crippen molar-refractivity contribution in [2.24, 2.45) is 13.0 Å². The van der Waals surface area contributed by atoms with Gasteiger partial charge < -0.3 is 14.4 Å². The van der Waals surface area contributed by atoms with Gasteiger partial charge in [-0.1, -0.05) is 61.1 Å². The normalized spacial score (nSPS) is 11.2. The van der Waals surface area contributed by atoms with Crippen LogP contribution in [0.5, 0.6) is 0 Å². The molecule has 0 fully saturated rings. The van der Waals surface area contributed by atoms with Crippen molar-refractivity contribution in [3.8, 4) is 11.3 Å². The van der Waals surface area contributed by atoms with Gasteiger partial charge in [-0.15, -0.1) is 10.2 Å². The fraction of sp³-hybridized carbons (Fsp3) is 0.400. The monoisotopic (exact) mass is 399 g/mol. The summed E-state index contributed by atoms with van der Waals surface area (Å²) in [4.78, 5) is 12.7. The first-order valence-electron chi connectivity index (χ1n) is 9.28. The second kappa shape index (κ2) is 9.05. The Bertz CT molecular complexity index is 933. The molecule has 0 saturated carbocycles. The predicted molar refractivity (Wildman–Crippen MR) is 109 cm³/mol. The lowest BCUT2D eigenvalue weighted by Gasteiger charge is -2.07. The number of aromatic nitrogens is 4. The number of thioether (sulfide) groups is 1. The maximum atomic E-state index is 12.7. The Balaban J connectivity index is 1.62. The van der Waals surface area contributed by atoms with Crippen LogP contribution in [0.4, 0.5) is 0 Å². The number of nitrogens with zero attached hydrogens (tertiary/aromatic N) is 4. The van der Waals surface area contributed by atoms with Gasteiger partial charge in [0.15, 0.2) is 5.16 Å². The molecule has 1 N–H and O–H groups in total. The Hall–Kier alpha value is -2.61. The van der Waals surface area contributed by atoms with Crippen molar-refractivity contribution >= 4 is 17.7 Å². The number of nitrogens with one attached hydrogen (secondary N) is 1. The second-order valence-corrected chi connectivity index (χ2v) is 7.98. The molecule has 0 saturated heterocycles. The molecule has 28 heavy (non-hydrogen) atoms. The van der Waals surface area contributed by atoms with Gasteiger partial charge in [-0.05, 0) is 12.8 Å². The summed E-state index contributed by atoms with van der Waals surface area (Å²) in [7, 11) is 1.96. The Morgan fingerprint density at radius 3 is 2.71 bits per heavy atom. The third-order valence-electron chi connectivity index (χ3n) is 4.24. The SMILES string of the molecule is Cc1onc(-c2ccccc2)c1C(=O)NCCc1nnc(SCC(C)C)n1C. The lowest BCUT2D eigenvalue weighted by molar-refractivity contribution is 0.0953. The van der Waals surface area contributed by atoms with Crippen molar-refractivity contribution in [3.63, 3.8) is 0 Å². The highest BCUT2D eigenvalue weighted by atomic mass is 32.2. The summed E-state index contributed by atoms with van der Waals surface area (Å²) in [6, 6.07) is 9.55. The van der Waals surface area contributed by atoms with E-state index in [2.05, 4.69) is 34.5 Å². The molecule has 8 heteroatoms. The van der Waals surface area contributed by atoms with Crippen LogP contribution in [-0.4, -0.2) is 38.1 Å². The quantitative estimate of drug-likeness (QED) is 0.584. The van der Waals surface area contributed by atoms with Gasteiger partial charge in [-0.2, -0.15) is 0 Å². The number of benzene rings is 1. The van der Waals surface area contributed by atoms with Crippen LogP contribution in [0, 0.1) is 12.8 Å². The first-order chi connectivity index (χ1) is 13.5. The summed E-state index contributed by atoms with van der Waals surface area (Å²) in [6.45, 7) is 6.56. The van der Waals surface area contributed by atoms with Crippen LogP contribution in [0.1, 0.15) is 35.8 Å². The molecule has 2 heterocycles. The number of amides is 1. The molecule has 148 valence electrons. The van der Waals surface area contributed by atoms with Gasteiger partial charge in [0, 0.05) is 31.3 Å². The van der Waals surface area contributed by atoms with Gasteiger partial charge in [0.2, 0.25) is 0 Å². The molecule has 2 aromatic heterocycles. The van der Waals surface area contributed by atoms with Crippen LogP contribution in [0.15, 0.2) is 40.0 Å². The van der Waals surface area contributed by atoms with Crippen LogP contribution in [0.3, 0.4) is 0 Å². The van der Waals surface area contributed by atoms with Gasteiger partial charge in [-0.25, -0.2) is 0 Å². The smallest absolute Gasteiger partial charge is 0.257 e. The number of rotatable bonds is 8. The Labute approximate surface area is 168 Å². The maximum Gasteiger partial charge on any atom is 0.257 e. The average Bonchev–Trinajstić information content (AvgIpc) is 3.24. The molecular formula is C20H25N5O2S. The zero-order chi connectivity index (χ0) is 20.1. The molecule has 1 amide bonds. The topological polar surface area (TPSA) is 85.8 Å². The van der Waals surface area contributed by atoms with Gasteiger partial charge in [0.05, 0.1) is 0 Å². The molecule has 0 unspecified atom stereocenters. The zero-order valence-electron chi connectivity index (χ0n) is 16.6. The first-order valence-corrected chi connectivity index (χ1v) is 10.3. The first kappa shape index (κ1) is 20.1. The highest BCUT2D eigenvalue weighted by Crippen LogP contribution is 2.25. The third kappa shape index (κ3) is 4.62. The summed E-state index contributed by atoms with van der Waals surface area (Å²) in [6.07, 6.45) is 0.600. The summed E-state index contributed by atoms with van der Waals surface area (Å²) < 4.78 is 7.25. The van der Waals surface area contributed by atoms with Gasteiger partial charge in [0.1, 0.15) is 22.8 Å². The van der Waals surface area contributed by atoms with E-state index in [1.165, 1.54) is 0 Å². The van der Waals surface area contributed by atoms with Crippen LogP contribution < -0.4 is 5.32 Å². The van der Waals surface area contributed by atoms with Gasteiger partial charge in [0.25, 0.3) is 5.91 Å². The van der Waals surface area contributed by atoms with E-state index in [4.69, 9.17) is 4.52 Å². The van der Waals surface area contributed by atoms with Crippen LogP contribution in [0.25, 0.3) is 11.3 Å². The Morgan fingerprint density at radius 2 is 2.00 bits per heavy atom. The number of carbonyl (C=O) groups excluding carboxylic acids is 1. The minimum Gasteiger partial charge on any atom is -0.360 e. The average molecular weight is 400 g/mol. The number of hydrogen-bond acceptors (Lipinski definition) is 6. The standard InChI is InChI=1S/C20H25N5O2S/c1-13(2)12-28-20-23-22-16(25(20)4)10-11-21-19(26)17-14(3)27-24-18(17)15-8-6-5-7-9-15/h5-9,13H,10-12H2,1-4H3,(H,21,26). The lowest BCUT2D eigenvalue weighted by atomic mass is 10.1. The van der Waals surface area contributed by atoms with Crippen LogP contribution in [-0.2, 0) is 13.5 Å². The summed E-state index contributed by atoms with van der Waals surface area (Å²) in [5.74, 6) is 2.74. The molecular weight excluding hydrogens is 374 g/mol. The molecule has 0 aliphatic rings. The van der Waals surface area contributed by atoms with E-state index in [0.717, 1.165) is 22.3 Å². The van der Waals surface area contributed by atoms with E-state index in [9.17, 15) is 4.79 Å². The maximum absolute atomic E-state index is 12.7. The molecule has 0 radical (unpaired) electrons. The van der Waals surface area contributed by atoms with Gasteiger partial charge in [-0.3, -0.25) is 4.79 Å². The molecule has 0 aliphatic heterocycles. The lowest BCUT2D eigenvalue weighted by Crippen LogP contribution is -2.27. The molecule has 1 aromatic carbocycles. The van der Waals surface area contributed by atoms with E-state index in [-0.39, 0.29) is 5.91 Å². The van der Waals surface area contributed by atoms with E-state index in [1.807, 2.05) is 41.9 Å². The van der Waals surface area contributed by atoms with E-state index < -0.39 is 0 Å². The second-order valence-electron chi connectivity index (χ2n) is 7.00. The number of hydrogen-bond donors (Lipinski definition) is 1. The predicted octanol–water partition coefficient (Wildman–Crippen LogP) is 3.50. The van der Waals surface area contributed by atoms with E-state index >= 15 is 0 Å². The molecule has 0 atom stereocenters. The van der Waals surface area contributed by atoms with Crippen molar-refractivity contribution < 1.29 is 9.32 Å². The summed E-state index contributed by atoms with van der Waals surface area (Å²) >= 11 is 1.70. The zero-order valence-corrected chi connectivity index (χ0v) is 17.4. The Morgan fingerprint density at radius 1 is 1.25 bits per heavy atom. The fourth-order valence-corrected chi connectivity index (χ4v) is 3.62. The minimum atomic E-state index is -0.200. The van der Waals surface area contributed by atoms with Crippen LogP contribution >= 0.6 is 11.8 Å². The fourth-order valence-electron chi connectivity index (χ4n) is 2.74. The third-order valence-corrected chi connectivity index (χ3v) is 5.69. The largest absolute Gasteiger partial charge is 0.360 e. The summed E-state index contributed by atoms with van der Waals surface area (Å²) in [5.41, 5.74) is 1.88. The Kier molecular flexibility index (Phi) is 6.51. The van der Waals surface area contributed by atoms with Crippen LogP contribution in [0.2, 0.25) is 0 Å². The molecule has 7 nitrogen and oxygen atoms in total. The molecule has 3 rings (SSSR count). The highest BCUT2D eigenvalue weighted by Gasteiger charge is 2.21. The molecule has 3 aromatic rings. The van der Waals surface area contributed by atoms with E-state index in [1.54, 1.807) is 18.7 Å². The molecule has 0 bridgehead atoms. The van der Waals surface area contributed by atoms with E-state index in [0.29, 0.717) is 35.9 Å². The minimum absolute atomic E-state index is 0.200. The van der Waals surface area contributed by atoms with Crippen molar-refractivity contribution in [3.05, 3.63) is 47.5 Å². The van der Waals surface area contributed by atoms with Gasteiger partial charge >= 0.3 is 0 Å². The summed E-state index contributed by atoms with van der Waals surface area (Å²) in [5, 5.41) is 16.4. The molecule has 0 spiro atoms. The van der Waals surface area contributed by atoms with Crippen molar-refractivity contribution in [2.45, 2.75) is 32.3 Å². The van der Waals surface area contributed by atoms with Crippen molar-refractivity contribution in [1.29, 1.82) is 0 Å². The number of carbonyl (C=O) groups is 1.